The summed E-state index contributed by atoms with van der Waals surface area (Å²) in [7, 11) is 0. The number of ether oxygens (including phenoxy) is 1. The van der Waals surface area contributed by atoms with E-state index in [1.54, 1.807) is 29.2 Å². The second-order valence-corrected chi connectivity index (χ2v) is 7.78. The summed E-state index contributed by atoms with van der Waals surface area (Å²) in [5.41, 5.74) is 0.439. The quantitative estimate of drug-likeness (QED) is 0.842. The molecule has 1 N–H and O–H groups in total. The Bertz CT molecular complexity index is 941. The van der Waals surface area contributed by atoms with Crippen LogP contribution < -0.4 is 5.32 Å². The molecule has 0 spiro atoms. The normalized spacial score (nSPS) is 16.3. The van der Waals surface area contributed by atoms with Crippen molar-refractivity contribution in [1.82, 2.24) is 20.4 Å². The third-order valence-corrected chi connectivity index (χ3v) is 4.36. The van der Waals surface area contributed by atoms with Crippen LogP contribution >= 0.6 is 0 Å². The molecular formula is C20H23N5O4. The highest BCUT2D eigenvalue weighted by Crippen LogP contribution is 2.21. The molecule has 2 amide bonds. The number of rotatable bonds is 4. The molecule has 9 nitrogen and oxygen atoms in total. The van der Waals surface area contributed by atoms with Crippen LogP contribution in [0.3, 0.4) is 0 Å². The molecule has 1 saturated heterocycles. The topological polar surface area (TPSA) is 121 Å². The summed E-state index contributed by atoms with van der Waals surface area (Å²) in [6.07, 6.45) is 1.24. The van der Waals surface area contributed by atoms with Gasteiger partial charge in [0.05, 0.1) is 17.7 Å². The average Bonchev–Trinajstić information content (AvgIpc) is 3.34. The van der Waals surface area contributed by atoms with E-state index in [0.29, 0.717) is 17.7 Å². The van der Waals surface area contributed by atoms with Crippen molar-refractivity contribution in [3.63, 3.8) is 0 Å². The molecule has 0 unspecified atom stereocenters. The number of hydrogen-bond acceptors (Lipinski definition) is 7. The average molecular weight is 397 g/mol. The highest BCUT2D eigenvalue weighted by molar-refractivity contribution is 5.89. The van der Waals surface area contributed by atoms with Crippen LogP contribution in [0.25, 0.3) is 11.5 Å². The lowest BCUT2D eigenvalue weighted by Crippen LogP contribution is -2.45. The third-order valence-electron chi connectivity index (χ3n) is 4.36. The zero-order chi connectivity index (χ0) is 21.0. The van der Waals surface area contributed by atoms with Crippen LogP contribution in [0.1, 0.15) is 49.9 Å². The van der Waals surface area contributed by atoms with E-state index in [-0.39, 0.29) is 30.5 Å². The van der Waals surface area contributed by atoms with E-state index < -0.39 is 11.5 Å². The summed E-state index contributed by atoms with van der Waals surface area (Å²) in [6, 6.07) is 8.56. The maximum Gasteiger partial charge on any atom is 0.410 e. The van der Waals surface area contributed by atoms with Crippen molar-refractivity contribution in [3.05, 3.63) is 35.7 Å². The monoisotopic (exact) mass is 397 g/mol. The molecule has 1 atom stereocenters. The van der Waals surface area contributed by atoms with Crippen LogP contribution in [0.15, 0.2) is 28.7 Å². The Morgan fingerprint density at radius 1 is 1.38 bits per heavy atom. The second-order valence-electron chi connectivity index (χ2n) is 7.78. The van der Waals surface area contributed by atoms with E-state index >= 15 is 0 Å². The molecule has 0 saturated carbocycles. The summed E-state index contributed by atoms with van der Waals surface area (Å²) in [4.78, 5) is 26.3. The number of nitrogens with one attached hydrogen (secondary N) is 1. The first-order chi connectivity index (χ1) is 13.8. The first-order valence-corrected chi connectivity index (χ1v) is 9.39. The van der Waals surface area contributed by atoms with E-state index in [1.165, 1.54) is 0 Å². The van der Waals surface area contributed by atoms with E-state index in [4.69, 9.17) is 14.4 Å². The molecule has 0 bridgehead atoms. The molecule has 2 heterocycles. The highest BCUT2D eigenvalue weighted by Gasteiger charge is 2.32. The summed E-state index contributed by atoms with van der Waals surface area (Å²) >= 11 is 0. The Labute approximate surface area is 168 Å². The molecule has 2 aromatic rings. The van der Waals surface area contributed by atoms with Crippen LogP contribution in [-0.2, 0) is 4.74 Å². The molecule has 1 aliphatic heterocycles. The van der Waals surface area contributed by atoms with Gasteiger partial charge in [-0.15, -0.1) is 10.2 Å². The summed E-state index contributed by atoms with van der Waals surface area (Å²) in [5.74, 6) is -0.538. The Morgan fingerprint density at radius 3 is 2.90 bits per heavy atom. The van der Waals surface area contributed by atoms with Crippen molar-refractivity contribution in [2.75, 3.05) is 13.1 Å². The van der Waals surface area contributed by atoms with Crippen molar-refractivity contribution in [1.29, 1.82) is 5.26 Å². The molecule has 1 fully saturated rings. The molecule has 29 heavy (non-hydrogen) atoms. The largest absolute Gasteiger partial charge is 0.444 e. The Kier molecular flexibility index (Phi) is 5.82. The summed E-state index contributed by atoms with van der Waals surface area (Å²) < 4.78 is 10.9. The van der Waals surface area contributed by atoms with Gasteiger partial charge < -0.3 is 19.4 Å². The van der Waals surface area contributed by atoms with Crippen molar-refractivity contribution in [3.8, 4) is 17.5 Å². The molecule has 9 heteroatoms. The van der Waals surface area contributed by atoms with Gasteiger partial charge in [0.1, 0.15) is 5.60 Å². The fraction of sp³-hybridized carbons (Fsp3) is 0.450. The van der Waals surface area contributed by atoms with Crippen LogP contribution in [0, 0.1) is 11.3 Å². The number of aromatic nitrogens is 2. The zero-order valence-corrected chi connectivity index (χ0v) is 16.6. The zero-order valence-electron chi connectivity index (χ0n) is 16.6. The van der Waals surface area contributed by atoms with Crippen LogP contribution in [0.2, 0.25) is 0 Å². The third kappa shape index (κ3) is 5.10. The van der Waals surface area contributed by atoms with Gasteiger partial charge in [-0.3, -0.25) is 4.79 Å². The molecule has 152 valence electrons. The van der Waals surface area contributed by atoms with Gasteiger partial charge >= 0.3 is 17.9 Å². The van der Waals surface area contributed by atoms with Gasteiger partial charge in [-0.1, -0.05) is 6.07 Å². The van der Waals surface area contributed by atoms with E-state index in [2.05, 4.69) is 15.5 Å². The van der Waals surface area contributed by atoms with Crippen molar-refractivity contribution in [2.45, 2.75) is 45.3 Å². The van der Waals surface area contributed by atoms with Gasteiger partial charge in [0.2, 0.25) is 5.89 Å². The van der Waals surface area contributed by atoms with Gasteiger partial charge in [-0.25, -0.2) is 4.79 Å². The number of carbonyl (C=O) groups excluding carboxylic acids is 2. The molecule has 3 rings (SSSR count). The predicted octanol–water partition coefficient (Wildman–Crippen LogP) is 2.74. The Balaban J connectivity index is 1.60. The lowest BCUT2D eigenvalue weighted by molar-refractivity contribution is 0.0225. The number of benzene rings is 1. The van der Waals surface area contributed by atoms with Gasteiger partial charge in [0.15, 0.2) is 0 Å². The van der Waals surface area contributed by atoms with E-state index in [0.717, 1.165) is 12.8 Å². The van der Waals surface area contributed by atoms with Gasteiger partial charge in [0, 0.05) is 18.7 Å². The van der Waals surface area contributed by atoms with E-state index in [9.17, 15) is 9.59 Å². The SMILES string of the molecule is CC(C)(C)OC(=O)N1CCC[C@@H]1CNC(=O)c1nnc(-c2cccc(C#N)c2)o1. The van der Waals surface area contributed by atoms with Crippen LogP contribution in [-0.4, -0.2) is 51.8 Å². The minimum Gasteiger partial charge on any atom is -0.444 e. The predicted molar refractivity (Wildman–Crippen MR) is 103 cm³/mol. The molecule has 0 aliphatic carbocycles. The summed E-state index contributed by atoms with van der Waals surface area (Å²) in [5, 5.41) is 19.4. The molecule has 0 radical (unpaired) electrons. The molecule has 1 aliphatic rings. The minimum absolute atomic E-state index is 0.150. The minimum atomic E-state index is -0.573. The number of amides is 2. The van der Waals surface area contributed by atoms with Crippen molar-refractivity contribution in [2.24, 2.45) is 0 Å². The Hall–Kier alpha value is -3.41. The number of carbonyl (C=O) groups is 2. The lowest BCUT2D eigenvalue weighted by Gasteiger charge is -2.28. The van der Waals surface area contributed by atoms with Gasteiger partial charge in [-0.05, 0) is 51.8 Å². The number of hydrogen-bond donors (Lipinski definition) is 1. The van der Waals surface area contributed by atoms with Gasteiger partial charge in [-0.2, -0.15) is 5.26 Å². The molecule has 1 aromatic heterocycles. The van der Waals surface area contributed by atoms with Crippen LogP contribution in [0.5, 0.6) is 0 Å². The van der Waals surface area contributed by atoms with E-state index in [1.807, 2.05) is 26.8 Å². The smallest absolute Gasteiger partial charge is 0.410 e. The van der Waals surface area contributed by atoms with Crippen LogP contribution in [0.4, 0.5) is 4.79 Å². The second kappa shape index (κ2) is 8.31. The Morgan fingerprint density at radius 2 is 2.17 bits per heavy atom. The number of likely N-dealkylation sites (tertiary alicyclic amines) is 1. The summed E-state index contributed by atoms with van der Waals surface area (Å²) in [6.45, 7) is 6.31. The van der Waals surface area contributed by atoms with Crippen molar-refractivity contribution >= 4 is 12.0 Å². The fourth-order valence-electron chi connectivity index (χ4n) is 3.05. The highest BCUT2D eigenvalue weighted by atomic mass is 16.6. The van der Waals surface area contributed by atoms with Gasteiger partial charge in [0.25, 0.3) is 0 Å². The number of nitrogens with zero attached hydrogens (tertiary/aromatic N) is 4. The number of nitriles is 1. The maximum absolute atomic E-state index is 12.4. The fourth-order valence-corrected chi connectivity index (χ4v) is 3.05. The van der Waals surface area contributed by atoms with Crippen molar-refractivity contribution < 1.29 is 18.7 Å². The first-order valence-electron chi connectivity index (χ1n) is 9.39. The first kappa shape index (κ1) is 20.3. The maximum atomic E-state index is 12.4. The standard InChI is InChI=1S/C20H23N5O4/c1-20(2,3)29-19(27)25-9-5-8-15(25)12-22-16(26)18-24-23-17(28-18)14-7-4-6-13(10-14)11-21/h4,6-7,10,15H,5,8-9,12H2,1-3H3,(H,22,26)/t15-/m1/s1. The molecular weight excluding hydrogens is 374 g/mol. The molecule has 1 aromatic carbocycles. The lowest BCUT2D eigenvalue weighted by atomic mass is 10.1.